The zero-order chi connectivity index (χ0) is 22.2. The third-order valence-electron chi connectivity index (χ3n) is 6.04. The summed E-state index contributed by atoms with van der Waals surface area (Å²) < 4.78 is 0. The fourth-order valence-electron chi connectivity index (χ4n) is 3.80. The number of aromatic nitrogens is 1. The number of anilines is 1. The molecule has 160 valence electrons. The summed E-state index contributed by atoms with van der Waals surface area (Å²) in [6.07, 6.45) is 16.4. The molecule has 1 heterocycles. The molecule has 3 rings (SSSR count). The highest BCUT2D eigenvalue weighted by molar-refractivity contribution is 5.81. The van der Waals surface area contributed by atoms with Crippen molar-refractivity contribution >= 4 is 22.4 Å². The third kappa shape index (κ3) is 5.73. The Balaban J connectivity index is 1.73. The first kappa shape index (κ1) is 22.6. The van der Waals surface area contributed by atoms with Crippen molar-refractivity contribution in [1.29, 1.82) is 0 Å². The molecule has 1 atom stereocenters. The van der Waals surface area contributed by atoms with E-state index in [0.717, 1.165) is 35.4 Å². The van der Waals surface area contributed by atoms with Gasteiger partial charge < -0.3 is 5.32 Å². The SMILES string of the molecule is C=C(/C=C\C(=C/C)c1cccc(NC)c1)c1ccc(C2=CC(C(C)CC)=CCC2)cn1. The number of pyridine rings is 1. The van der Waals surface area contributed by atoms with Gasteiger partial charge in [-0.05, 0) is 83.7 Å². The van der Waals surface area contributed by atoms with Crippen molar-refractivity contribution in [2.24, 2.45) is 5.92 Å². The van der Waals surface area contributed by atoms with E-state index in [4.69, 9.17) is 4.98 Å². The third-order valence-corrected chi connectivity index (χ3v) is 6.04. The first-order chi connectivity index (χ1) is 15.0. The fraction of sp³-hybridized carbons (Fsp3) is 0.276. The number of allylic oxidation sites excluding steroid dienone is 9. The van der Waals surface area contributed by atoms with Crippen molar-refractivity contribution < 1.29 is 0 Å². The van der Waals surface area contributed by atoms with E-state index in [9.17, 15) is 0 Å². The van der Waals surface area contributed by atoms with Crippen LogP contribution in [0.1, 0.15) is 56.9 Å². The zero-order valence-corrected chi connectivity index (χ0v) is 19.3. The topological polar surface area (TPSA) is 24.9 Å². The lowest BCUT2D eigenvalue weighted by atomic mass is 9.88. The molecule has 0 fully saturated rings. The van der Waals surface area contributed by atoms with Crippen molar-refractivity contribution in [2.75, 3.05) is 12.4 Å². The molecule has 0 aliphatic heterocycles. The van der Waals surface area contributed by atoms with Gasteiger partial charge in [-0.2, -0.15) is 0 Å². The van der Waals surface area contributed by atoms with Gasteiger partial charge in [0.1, 0.15) is 0 Å². The second-order valence-electron chi connectivity index (χ2n) is 8.09. The molecule has 0 radical (unpaired) electrons. The van der Waals surface area contributed by atoms with E-state index < -0.39 is 0 Å². The minimum absolute atomic E-state index is 0.613. The van der Waals surface area contributed by atoms with E-state index in [1.807, 2.05) is 19.3 Å². The van der Waals surface area contributed by atoms with E-state index in [-0.39, 0.29) is 0 Å². The molecule has 0 saturated carbocycles. The number of hydrogen-bond donors (Lipinski definition) is 1. The van der Waals surface area contributed by atoms with Crippen LogP contribution in [0.4, 0.5) is 5.69 Å². The molecule has 1 N–H and O–H groups in total. The molecule has 0 spiro atoms. The predicted molar refractivity (Wildman–Crippen MR) is 137 cm³/mol. The lowest BCUT2D eigenvalue weighted by Crippen LogP contribution is -2.01. The summed E-state index contributed by atoms with van der Waals surface area (Å²) in [5, 5.41) is 3.19. The molecule has 0 amide bonds. The molecule has 2 aromatic rings. The van der Waals surface area contributed by atoms with Gasteiger partial charge in [0, 0.05) is 18.9 Å². The molecule has 1 unspecified atom stereocenters. The summed E-state index contributed by atoms with van der Waals surface area (Å²) in [7, 11) is 1.94. The van der Waals surface area contributed by atoms with Gasteiger partial charge in [0.25, 0.3) is 0 Å². The van der Waals surface area contributed by atoms with Gasteiger partial charge >= 0.3 is 0 Å². The smallest absolute Gasteiger partial charge is 0.0696 e. The maximum atomic E-state index is 4.71. The number of nitrogens with zero attached hydrogens (tertiary/aromatic N) is 1. The highest BCUT2D eigenvalue weighted by Gasteiger charge is 2.12. The molecule has 0 bridgehead atoms. The Labute approximate surface area is 187 Å². The monoisotopic (exact) mass is 410 g/mol. The molecule has 2 nitrogen and oxygen atoms in total. The molecule has 2 heteroatoms. The van der Waals surface area contributed by atoms with E-state index in [1.165, 1.54) is 28.7 Å². The van der Waals surface area contributed by atoms with Gasteiger partial charge in [-0.25, -0.2) is 0 Å². The highest BCUT2D eigenvalue weighted by Crippen LogP contribution is 2.30. The predicted octanol–water partition coefficient (Wildman–Crippen LogP) is 7.95. The normalized spacial score (nSPS) is 15.4. The first-order valence-electron chi connectivity index (χ1n) is 11.2. The van der Waals surface area contributed by atoms with Gasteiger partial charge in [-0.3, -0.25) is 4.98 Å². The molecule has 0 saturated heterocycles. The number of rotatable bonds is 8. The van der Waals surface area contributed by atoms with Gasteiger partial charge in [-0.15, -0.1) is 0 Å². The summed E-state index contributed by atoms with van der Waals surface area (Å²) in [6, 6.07) is 12.7. The molecule has 1 aromatic carbocycles. The fourth-order valence-corrected chi connectivity index (χ4v) is 3.80. The van der Waals surface area contributed by atoms with Gasteiger partial charge in [0.05, 0.1) is 5.69 Å². The van der Waals surface area contributed by atoms with Crippen LogP contribution in [0, 0.1) is 5.92 Å². The molecule has 1 aliphatic carbocycles. The van der Waals surface area contributed by atoms with E-state index >= 15 is 0 Å². The van der Waals surface area contributed by atoms with E-state index in [1.54, 1.807) is 0 Å². The van der Waals surface area contributed by atoms with Gasteiger partial charge in [0.15, 0.2) is 0 Å². The molecule has 31 heavy (non-hydrogen) atoms. The molecule has 1 aromatic heterocycles. The average molecular weight is 411 g/mol. The van der Waals surface area contributed by atoms with E-state index in [2.05, 4.69) is 93.4 Å². The summed E-state index contributed by atoms with van der Waals surface area (Å²) in [5.41, 5.74) is 9.32. The van der Waals surface area contributed by atoms with E-state index in [0.29, 0.717) is 5.92 Å². The maximum Gasteiger partial charge on any atom is 0.0696 e. The zero-order valence-electron chi connectivity index (χ0n) is 19.3. The Morgan fingerprint density at radius 1 is 1.23 bits per heavy atom. The number of benzene rings is 1. The Kier molecular flexibility index (Phi) is 7.83. The van der Waals surface area contributed by atoms with Gasteiger partial charge in [-0.1, -0.05) is 69.0 Å². The Morgan fingerprint density at radius 3 is 2.74 bits per heavy atom. The average Bonchev–Trinajstić information content (AvgIpc) is 2.84. The summed E-state index contributed by atoms with van der Waals surface area (Å²) in [5.74, 6) is 0.613. The second-order valence-corrected chi connectivity index (χ2v) is 8.09. The van der Waals surface area contributed by atoms with Crippen molar-refractivity contribution in [1.82, 2.24) is 4.98 Å². The summed E-state index contributed by atoms with van der Waals surface area (Å²) in [4.78, 5) is 4.71. The lowest BCUT2D eigenvalue weighted by molar-refractivity contribution is 0.663. The van der Waals surface area contributed by atoms with Crippen molar-refractivity contribution in [3.8, 4) is 0 Å². The maximum absolute atomic E-state index is 4.71. The minimum Gasteiger partial charge on any atom is -0.388 e. The van der Waals surface area contributed by atoms with Crippen molar-refractivity contribution in [3.05, 3.63) is 102 Å². The second kappa shape index (κ2) is 10.8. The largest absolute Gasteiger partial charge is 0.388 e. The van der Waals surface area contributed by atoms with Crippen molar-refractivity contribution in [2.45, 2.75) is 40.0 Å². The summed E-state index contributed by atoms with van der Waals surface area (Å²) in [6.45, 7) is 10.8. The van der Waals surface area contributed by atoms with Crippen LogP contribution in [0.3, 0.4) is 0 Å². The Hall–Kier alpha value is -3.13. The Morgan fingerprint density at radius 2 is 2.06 bits per heavy atom. The summed E-state index contributed by atoms with van der Waals surface area (Å²) >= 11 is 0. The van der Waals surface area contributed by atoms with Crippen LogP contribution in [-0.4, -0.2) is 12.0 Å². The van der Waals surface area contributed by atoms with Crippen molar-refractivity contribution in [3.63, 3.8) is 0 Å². The van der Waals surface area contributed by atoms with Crippen LogP contribution in [-0.2, 0) is 0 Å². The standard InChI is InChI=1S/C29H34N2/c1-6-21(3)24-10-8-11-25(18-24)27-16-17-29(31-20-27)22(4)14-15-23(7-2)26-12-9-13-28(19-26)30-5/h7,9-10,12-21,30H,4,6,8,11H2,1-3,5H3/b15-14-,23-7+. The minimum atomic E-state index is 0.613. The van der Waals surface area contributed by atoms with Crippen LogP contribution in [0.15, 0.2) is 85.1 Å². The molecular weight excluding hydrogens is 376 g/mol. The van der Waals surface area contributed by atoms with Crippen LogP contribution in [0.5, 0.6) is 0 Å². The Bertz CT molecular complexity index is 1030. The number of nitrogens with one attached hydrogen (secondary N) is 1. The lowest BCUT2D eigenvalue weighted by Gasteiger charge is -2.18. The molecular formula is C29H34N2. The highest BCUT2D eigenvalue weighted by atomic mass is 14.8. The van der Waals surface area contributed by atoms with Crippen LogP contribution >= 0.6 is 0 Å². The first-order valence-corrected chi connectivity index (χ1v) is 11.2. The van der Waals surface area contributed by atoms with Crippen LogP contribution < -0.4 is 5.32 Å². The van der Waals surface area contributed by atoms with Gasteiger partial charge in [0.2, 0.25) is 0 Å². The number of hydrogen-bond acceptors (Lipinski definition) is 2. The quantitative estimate of drug-likeness (QED) is 0.447. The van der Waals surface area contributed by atoms with Crippen LogP contribution in [0.2, 0.25) is 0 Å². The van der Waals surface area contributed by atoms with Crippen LogP contribution in [0.25, 0.3) is 16.7 Å². The molecule has 1 aliphatic rings.